The Bertz CT molecular complexity index is 347. The first kappa shape index (κ1) is 12.0. The summed E-state index contributed by atoms with van der Waals surface area (Å²) in [7, 11) is 0. The van der Waals surface area contributed by atoms with Crippen LogP contribution in [-0.4, -0.2) is 22.6 Å². The molecule has 0 saturated heterocycles. The summed E-state index contributed by atoms with van der Waals surface area (Å²) in [6, 6.07) is 0. The first-order valence-electron chi connectivity index (χ1n) is 4.95. The maximum atomic E-state index is 10.7. The molecule has 0 aliphatic carbocycles. The van der Waals surface area contributed by atoms with Crippen LogP contribution in [0, 0.1) is 12.8 Å². The van der Waals surface area contributed by atoms with Crippen LogP contribution in [0.4, 0.5) is 5.13 Å². The number of hydrogen-bond acceptors (Lipinski definition) is 4. The lowest BCUT2D eigenvalue weighted by molar-refractivity contribution is 0.0690. The van der Waals surface area contributed by atoms with Crippen molar-refractivity contribution in [3.63, 3.8) is 0 Å². The summed E-state index contributed by atoms with van der Waals surface area (Å²) < 4.78 is 0. The number of hydrogen-bond donors (Lipinski definition) is 2. The summed E-state index contributed by atoms with van der Waals surface area (Å²) in [5, 5.41) is 12.6. The van der Waals surface area contributed by atoms with Crippen molar-refractivity contribution in [3.8, 4) is 0 Å². The predicted octanol–water partition coefficient (Wildman–Crippen LogP) is 2.61. The highest BCUT2D eigenvalue weighted by atomic mass is 32.1. The Hall–Kier alpha value is -1.10. The zero-order valence-corrected chi connectivity index (χ0v) is 10.0. The Kier molecular flexibility index (Phi) is 4.08. The van der Waals surface area contributed by atoms with Crippen LogP contribution in [0.1, 0.15) is 35.6 Å². The monoisotopic (exact) mass is 228 g/mol. The van der Waals surface area contributed by atoms with Crippen molar-refractivity contribution < 1.29 is 9.90 Å². The highest BCUT2D eigenvalue weighted by Gasteiger charge is 2.13. The lowest BCUT2D eigenvalue weighted by atomic mass is 10.1. The minimum absolute atomic E-state index is 0.159. The molecule has 84 valence electrons. The minimum atomic E-state index is -0.958. The smallest absolute Gasteiger partial charge is 0.355 e. The van der Waals surface area contributed by atoms with Crippen molar-refractivity contribution in [2.24, 2.45) is 5.92 Å². The second-order valence-electron chi connectivity index (χ2n) is 3.84. The molecule has 1 rings (SSSR count). The van der Waals surface area contributed by atoms with Gasteiger partial charge in [-0.1, -0.05) is 13.8 Å². The lowest BCUT2D eigenvalue weighted by Crippen LogP contribution is -2.05. The fourth-order valence-electron chi connectivity index (χ4n) is 1.14. The van der Waals surface area contributed by atoms with Crippen LogP contribution in [0.25, 0.3) is 0 Å². The van der Waals surface area contributed by atoms with Crippen LogP contribution in [-0.2, 0) is 0 Å². The average Bonchev–Trinajstić information content (AvgIpc) is 2.46. The van der Waals surface area contributed by atoms with Gasteiger partial charge >= 0.3 is 5.97 Å². The lowest BCUT2D eigenvalue weighted by Gasteiger charge is -2.04. The zero-order chi connectivity index (χ0) is 11.4. The molecule has 0 amide bonds. The number of nitrogens with zero attached hydrogens (tertiary/aromatic N) is 1. The van der Waals surface area contributed by atoms with Crippen LogP contribution in [0.2, 0.25) is 0 Å². The number of anilines is 1. The van der Waals surface area contributed by atoms with Crippen LogP contribution >= 0.6 is 11.3 Å². The first-order valence-corrected chi connectivity index (χ1v) is 5.77. The van der Waals surface area contributed by atoms with E-state index in [1.165, 1.54) is 11.3 Å². The van der Waals surface area contributed by atoms with Gasteiger partial charge in [-0.25, -0.2) is 9.78 Å². The summed E-state index contributed by atoms with van der Waals surface area (Å²) >= 11 is 1.39. The Labute approximate surface area is 93.4 Å². The second kappa shape index (κ2) is 5.11. The Balaban J connectivity index is 2.56. The molecule has 0 aromatic carbocycles. The Morgan fingerprint density at radius 2 is 2.27 bits per heavy atom. The van der Waals surface area contributed by atoms with E-state index in [2.05, 4.69) is 24.1 Å². The second-order valence-corrected chi connectivity index (χ2v) is 5.04. The number of aryl methyl sites for hydroxylation is 1. The largest absolute Gasteiger partial charge is 0.476 e. The summed E-state index contributed by atoms with van der Waals surface area (Å²) in [4.78, 5) is 15.5. The molecule has 0 unspecified atom stereocenters. The molecule has 4 nitrogen and oxygen atoms in total. The molecule has 0 aliphatic rings. The molecule has 2 N–H and O–H groups in total. The molecular weight excluding hydrogens is 212 g/mol. The Morgan fingerprint density at radius 1 is 1.60 bits per heavy atom. The molecule has 1 aromatic heterocycles. The summed E-state index contributed by atoms with van der Waals surface area (Å²) in [5.41, 5.74) is 0.159. The molecule has 0 radical (unpaired) electrons. The highest BCUT2D eigenvalue weighted by molar-refractivity contribution is 7.15. The van der Waals surface area contributed by atoms with E-state index in [4.69, 9.17) is 5.11 Å². The van der Waals surface area contributed by atoms with Crippen molar-refractivity contribution in [3.05, 3.63) is 10.6 Å². The van der Waals surface area contributed by atoms with Crippen LogP contribution in [0.15, 0.2) is 0 Å². The number of carbonyl (C=O) groups is 1. The third-order valence-corrected chi connectivity index (χ3v) is 2.93. The molecule has 1 heterocycles. The van der Waals surface area contributed by atoms with Crippen LogP contribution in [0.3, 0.4) is 0 Å². The van der Waals surface area contributed by atoms with E-state index in [1.807, 2.05) is 0 Å². The Morgan fingerprint density at radius 3 is 2.73 bits per heavy atom. The van der Waals surface area contributed by atoms with Gasteiger partial charge in [-0.15, -0.1) is 11.3 Å². The maximum absolute atomic E-state index is 10.7. The first-order chi connectivity index (χ1) is 7.00. The molecule has 0 spiro atoms. The molecule has 1 aromatic rings. The number of carboxylic acid groups (broad SMARTS) is 1. The van der Waals surface area contributed by atoms with E-state index >= 15 is 0 Å². The zero-order valence-electron chi connectivity index (χ0n) is 9.20. The van der Waals surface area contributed by atoms with Crippen molar-refractivity contribution >= 4 is 22.4 Å². The summed E-state index contributed by atoms with van der Waals surface area (Å²) in [5.74, 6) is -0.321. The van der Waals surface area contributed by atoms with E-state index < -0.39 is 5.97 Å². The van der Waals surface area contributed by atoms with Gasteiger partial charge < -0.3 is 10.4 Å². The van der Waals surface area contributed by atoms with Gasteiger partial charge in [0.25, 0.3) is 0 Å². The molecule has 15 heavy (non-hydrogen) atoms. The quantitative estimate of drug-likeness (QED) is 0.813. The van der Waals surface area contributed by atoms with Gasteiger partial charge in [-0.3, -0.25) is 0 Å². The van der Waals surface area contributed by atoms with Crippen molar-refractivity contribution in [2.75, 3.05) is 11.9 Å². The third kappa shape index (κ3) is 3.51. The van der Waals surface area contributed by atoms with E-state index in [9.17, 15) is 4.79 Å². The maximum Gasteiger partial charge on any atom is 0.355 e. The molecule has 0 atom stereocenters. The number of carboxylic acids is 1. The highest BCUT2D eigenvalue weighted by Crippen LogP contribution is 2.21. The molecule has 0 bridgehead atoms. The standard InChI is InChI=1S/C10H16N2O2S/c1-6(2)4-5-11-10-12-8(9(13)14)7(3)15-10/h6H,4-5H2,1-3H3,(H,11,12)(H,13,14). The van der Waals surface area contributed by atoms with E-state index in [0.29, 0.717) is 11.0 Å². The number of nitrogens with one attached hydrogen (secondary N) is 1. The molecular formula is C10H16N2O2S. The third-order valence-electron chi connectivity index (χ3n) is 2.00. The summed E-state index contributed by atoms with van der Waals surface area (Å²) in [6.45, 7) is 6.91. The average molecular weight is 228 g/mol. The van der Waals surface area contributed by atoms with E-state index in [-0.39, 0.29) is 5.69 Å². The van der Waals surface area contributed by atoms with Gasteiger partial charge in [0.05, 0.1) is 0 Å². The number of aromatic nitrogens is 1. The van der Waals surface area contributed by atoms with Gasteiger partial charge in [0.2, 0.25) is 0 Å². The van der Waals surface area contributed by atoms with Crippen molar-refractivity contribution in [1.29, 1.82) is 0 Å². The van der Waals surface area contributed by atoms with E-state index in [0.717, 1.165) is 17.8 Å². The van der Waals surface area contributed by atoms with Gasteiger partial charge in [0.15, 0.2) is 10.8 Å². The van der Waals surface area contributed by atoms with Crippen molar-refractivity contribution in [1.82, 2.24) is 4.98 Å². The van der Waals surface area contributed by atoms with Gasteiger partial charge in [-0.05, 0) is 19.3 Å². The SMILES string of the molecule is Cc1sc(NCCC(C)C)nc1C(=O)O. The normalized spacial score (nSPS) is 10.7. The fourth-order valence-corrected chi connectivity index (χ4v) is 1.97. The van der Waals surface area contributed by atoms with Crippen LogP contribution < -0.4 is 5.32 Å². The summed E-state index contributed by atoms with van der Waals surface area (Å²) in [6.07, 6.45) is 1.06. The van der Waals surface area contributed by atoms with Gasteiger partial charge in [0.1, 0.15) is 0 Å². The topological polar surface area (TPSA) is 62.2 Å². The van der Waals surface area contributed by atoms with Crippen LogP contribution in [0.5, 0.6) is 0 Å². The van der Waals surface area contributed by atoms with Gasteiger partial charge in [0, 0.05) is 11.4 Å². The molecule has 0 aliphatic heterocycles. The van der Waals surface area contributed by atoms with E-state index in [1.54, 1.807) is 6.92 Å². The molecule has 0 fully saturated rings. The molecule has 0 saturated carbocycles. The molecule has 5 heteroatoms. The number of rotatable bonds is 5. The fraction of sp³-hybridized carbons (Fsp3) is 0.600. The number of thiazole rings is 1. The number of aromatic carboxylic acids is 1. The minimum Gasteiger partial charge on any atom is -0.476 e. The van der Waals surface area contributed by atoms with Gasteiger partial charge in [-0.2, -0.15) is 0 Å². The predicted molar refractivity (Wildman–Crippen MR) is 61.8 cm³/mol. The van der Waals surface area contributed by atoms with Crippen molar-refractivity contribution in [2.45, 2.75) is 27.2 Å².